The van der Waals surface area contributed by atoms with E-state index in [4.69, 9.17) is 33.2 Å². The molecule has 0 spiro atoms. The van der Waals surface area contributed by atoms with Crippen LogP contribution >= 0.6 is 23.2 Å². The van der Waals surface area contributed by atoms with Crippen LogP contribution in [0.25, 0.3) is 0 Å². The van der Waals surface area contributed by atoms with Gasteiger partial charge in [0.2, 0.25) is 0 Å². The third kappa shape index (κ3) is 4.40. The van der Waals surface area contributed by atoms with Gasteiger partial charge in [-0.25, -0.2) is 0 Å². The van der Waals surface area contributed by atoms with E-state index in [1.165, 1.54) is 0 Å². The highest BCUT2D eigenvalue weighted by Gasteiger charge is 2.16. The second-order valence-electron chi connectivity index (χ2n) is 4.81. The molecule has 0 amide bonds. The second kappa shape index (κ2) is 6.87. The number of hydrogen-bond donors (Lipinski definition) is 0. The van der Waals surface area contributed by atoms with Crippen molar-refractivity contribution in [3.05, 3.63) is 28.8 Å². The van der Waals surface area contributed by atoms with Crippen LogP contribution in [0.15, 0.2) is 18.2 Å². The first-order valence-electron chi connectivity index (χ1n) is 5.87. The fourth-order valence-electron chi connectivity index (χ4n) is 1.56. The Bertz CT molecular complexity index is 438. The van der Waals surface area contributed by atoms with Gasteiger partial charge in [0.15, 0.2) is 0 Å². The van der Waals surface area contributed by atoms with Crippen LogP contribution < -0.4 is 4.74 Å². The molecule has 0 aromatic heterocycles. The molecule has 0 saturated heterocycles. The van der Waals surface area contributed by atoms with Gasteiger partial charge >= 0.3 is 0 Å². The van der Waals surface area contributed by atoms with E-state index in [2.05, 4.69) is 6.07 Å². The molecular weight excluding hydrogens is 269 g/mol. The first-order valence-corrected chi connectivity index (χ1v) is 6.79. The topological polar surface area (TPSA) is 33.0 Å². The Kier molecular flexibility index (Phi) is 5.78. The van der Waals surface area contributed by atoms with Crippen LogP contribution in [0.2, 0.25) is 5.02 Å². The maximum atomic E-state index is 8.91. The maximum absolute atomic E-state index is 8.91. The Morgan fingerprint density at radius 3 is 2.72 bits per heavy atom. The standard InChI is InChI=1S/C14H17Cl2NO/c1-14(2,10-17)7-4-8-18-13-11(9-15)5-3-6-12(13)16/h3,5-6H,4,7-9H2,1-2H3. The van der Waals surface area contributed by atoms with E-state index < -0.39 is 0 Å². The van der Waals surface area contributed by atoms with Gasteiger partial charge < -0.3 is 4.74 Å². The molecule has 0 aliphatic heterocycles. The van der Waals surface area contributed by atoms with Crippen molar-refractivity contribution in [3.63, 3.8) is 0 Å². The number of nitriles is 1. The van der Waals surface area contributed by atoms with Gasteiger partial charge in [0.25, 0.3) is 0 Å². The molecule has 0 N–H and O–H groups in total. The zero-order valence-corrected chi connectivity index (χ0v) is 12.2. The summed E-state index contributed by atoms with van der Waals surface area (Å²) in [6.07, 6.45) is 1.61. The number of benzene rings is 1. The largest absolute Gasteiger partial charge is 0.492 e. The average Bonchev–Trinajstić information content (AvgIpc) is 2.36. The quantitative estimate of drug-likeness (QED) is 0.556. The average molecular weight is 286 g/mol. The summed E-state index contributed by atoms with van der Waals surface area (Å²) in [6.45, 7) is 4.39. The van der Waals surface area contributed by atoms with Gasteiger partial charge in [0, 0.05) is 5.56 Å². The highest BCUT2D eigenvalue weighted by Crippen LogP contribution is 2.30. The minimum atomic E-state index is -0.306. The third-order valence-corrected chi connectivity index (χ3v) is 3.27. The van der Waals surface area contributed by atoms with Gasteiger partial charge in [-0.3, -0.25) is 0 Å². The van der Waals surface area contributed by atoms with Crippen LogP contribution in [0.3, 0.4) is 0 Å². The molecule has 18 heavy (non-hydrogen) atoms. The van der Waals surface area contributed by atoms with Crippen molar-refractivity contribution in [2.24, 2.45) is 5.41 Å². The zero-order valence-electron chi connectivity index (χ0n) is 10.7. The summed E-state index contributed by atoms with van der Waals surface area (Å²) in [7, 11) is 0. The normalized spacial score (nSPS) is 11.1. The van der Waals surface area contributed by atoms with Gasteiger partial charge in [0.1, 0.15) is 5.75 Å². The molecule has 0 bridgehead atoms. The number of rotatable bonds is 6. The Balaban J connectivity index is 2.52. The molecule has 0 unspecified atom stereocenters. The Morgan fingerprint density at radius 2 is 2.11 bits per heavy atom. The highest BCUT2D eigenvalue weighted by molar-refractivity contribution is 6.32. The predicted octanol–water partition coefficient (Wildman–Crippen LogP) is 4.79. The van der Waals surface area contributed by atoms with Gasteiger partial charge in [-0.15, -0.1) is 11.6 Å². The van der Waals surface area contributed by atoms with E-state index in [1.807, 2.05) is 26.0 Å². The second-order valence-corrected chi connectivity index (χ2v) is 5.48. The van der Waals surface area contributed by atoms with Crippen molar-refractivity contribution >= 4 is 23.2 Å². The summed E-state index contributed by atoms with van der Waals surface area (Å²) in [4.78, 5) is 0. The summed E-state index contributed by atoms with van der Waals surface area (Å²) in [5.74, 6) is 1.03. The molecule has 0 saturated carbocycles. The van der Waals surface area contributed by atoms with Crippen molar-refractivity contribution in [1.29, 1.82) is 5.26 Å². The van der Waals surface area contributed by atoms with Crippen LogP contribution in [0.5, 0.6) is 5.75 Å². The van der Waals surface area contributed by atoms with Gasteiger partial charge in [-0.2, -0.15) is 5.26 Å². The number of nitrogens with zero attached hydrogens (tertiary/aromatic N) is 1. The number of alkyl halides is 1. The molecule has 0 atom stereocenters. The Hall–Kier alpha value is -0.910. The van der Waals surface area contributed by atoms with E-state index >= 15 is 0 Å². The molecule has 1 rings (SSSR count). The van der Waals surface area contributed by atoms with Crippen molar-refractivity contribution in [1.82, 2.24) is 0 Å². The van der Waals surface area contributed by atoms with E-state index in [9.17, 15) is 0 Å². The fraction of sp³-hybridized carbons (Fsp3) is 0.500. The minimum absolute atomic E-state index is 0.306. The summed E-state index contributed by atoms with van der Waals surface area (Å²) in [5, 5.41) is 9.48. The van der Waals surface area contributed by atoms with Crippen LogP contribution in [0.1, 0.15) is 32.3 Å². The zero-order chi connectivity index (χ0) is 13.6. The molecule has 0 radical (unpaired) electrons. The van der Waals surface area contributed by atoms with Crippen molar-refractivity contribution in [3.8, 4) is 11.8 Å². The first-order chi connectivity index (χ1) is 8.50. The molecule has 0 fully saturated rings. The lowest BCUT2D eigenvalue weighted by molar-refractivity contribution is 0.282. The van der Waals surface area contributed by atoms with Crippen LogP contribution in [-0.4, -0.2) is 6.61 Å². The monoisotopic (exact) mass is 285 g/mol. The van der Waals surface area contributed by atoms with E-state index in [0.29, 0.717) is 23.3 Å². The van der Waals surface area contributed by atoms with Crippen molar-refractivity contribution in [2.45, 2.75) is 32.6 Å². The van der Waals surface area contributed by atoms with E-state index in [-0.39, 0.29) is 5.41 Å². The van der Waals surface area contributed by atoms with Gasteiger partial charge in [-0.1, -0.05) is 23.7 Å². The van der Waals surface area contributed by atoms with Crippen LogP contribution in [0, 0.1) is 16.7 Å². The molecule has 0 aliphatic carbocycles. The lowest BCUT2D eigenvalue weighted by atomic mass is 9.90. The minimum Gasteiger partial charge on any atom is -0.492 e. The lowest BCUT2D eigenvalue weighted by Crippen LogP contribution is -2.10. The fourth-order valence-corrected chi connectivity index (χ4v) is 2.02. The Morgan fingerprint density at radius 1 is 1.39 bits per heavy atom. The molecule has 0 heterocycles. The molecular formula is C14H17Cl2NO. The maximum Gasteiger partial charge on any atom is 0.142 e. The molecule has 1 aromatic rings. The molecule has 0 aliphatic rings. The number of hydrogen-bond acceptors (Lipinski definition) is 2. The predicted molar refractivity (Wildman–Crippen MR) is 75.1 cm³/mol. The molecule has 98 valence electrons. The molecule has 1 aromatic carbocycles. The van der Waals surface area contributed by atoms with Crippen molar-refractivity contribution in [2.75, 3.05) is 6.61 Å². The number of halogens is 2. The number of para-hydroxylation sites is 1. The lowest BCUT2D eigenvalue weighted by Gasteiger charge is -2.16. The number of ether oxygens (including phenoxy) is 1. The van der Waals surface area contributed by atoms with Crippen molar-refractivity contribution < 1.29 is 4.74 Å². The first kappa shape index (κ1) is 15.1. The summed E-state index contributed by atoms with van der Waals surface area (Å²) < 4.78 is 5.67. The van der Waals surface area contributed by atoms with Gasteiger partial charge in [0.05, 0.1) is 29.0 Å². The van der Waals surface area contributed by atoms with Crippen LogP contribution in [-0.2, 0) is 5.88 Å². The highest BCUT2D eigenvalue weighted by atomic mass is 35.5. The third-order valence-electron chi connectivity index (χ3n) is 2.69. The summed E-state index contributed by atoms with van der Waals surface area (Å²) in [6, 6.07) is 7.80. The molecule has 2 nitrogen and oxygen atoms in total. The SMILES string of the molecule is CC(C)(C#N)CCCOc1c(Cl)cccc1CCl. The summed E-state index contributed by atoms with van der Waals surface area (Å²) >= 11 is 11.9. The van der Waals surface area contributed by atoms with E-state index in [0.717, 1.165) is 18.4 Å². The Labute approximate surface area is 118 Å². The van der Waals surface area contributed by atoms with Gasteiger partial charge in [-0.05, 0) is 32.8 Å². The molecule has 4 heteroatoms. The van der Waals surface area contributed by atoms with Crippen LogP contribution in [0.4, 0.5) is 0 Å². The van der Waals surface area contributed by atoms with E-state index in [1.54, 1.807) is 6.07 Å². The summed E-state index contributed by atoms with van der Waals surface area (Å²) in [5.41, 5.74) is 0.586. The smallest absolute Gasteiger partial charge is 0.142 e.